The first-order chi connectivity index (χ1) is 13.6. The number of rotatable bonds is 8. The fourth-order valence-corrected chi connectivity index (χ4v) is 3.37. The molecular formula is C21H26ClN3O3. The monoisotopic (exact) mass is 403 g/mol. The maximum atomic E-state index is 12.7. The van der Waals surface area contributed by atoms with Crippen molar-refractivity contribution < 1.29 is 14.3 Å². The second-order valence-corrected chi connectivity index (χ2v) is 7.03. The van der Waals surface area contributed by atoms with Gasteiger partial charge in [0, 0.05) is 18.7 Å². The molecule has 1 aliphatic heterocycles. The van der Waals surface area contributed by atoms with E-state index in [0.29, 0.717) is 41.0 Å². The fourth-order valence-electron chi connectivity index (χ4n) is 3.10. The quantitative estimate of drug-likeness (QED) is 0.687. The van der Waals surface area contributed by atoms with E-state index in [1.807, 2.05) is 26.0 Å². The minimum Gasteiger partial charge on any atom is -0.490 e. The predicted molar refractivity (Wildman–Crippen MR) is 112 cm³/mol. The van der Waals surface area contributed by atoms with Gasteiger partial charge in [-0.3, -0.25) is 4.79 Å². The number of nitrogens with one attached hydrogen (secondary N) is 1. The highest BCUT2D eigenvalue weighted by atomic mass is 35.5. The summed E-state index contributed by atoms with van der Waals surface area (Å²) in [6, 6.07) is 7.04. The molecule has 6 nitrogen and oxygen atoms in total. The van der Waals surface area contributed by atoms with E-state index in [4.69, 9.17) is 21.1 Å². The molecule has 3 rings (SSSR count). The Hall–Kier alpha value is -2.47. The van der Waals surface area contributed by atoms with Crippen molar-refractivity contribution in [2.24, 2.45) is 0 Å². The van der Waals surface area contributed by atoms with Crippen molar-refractivity contribution in [1.82, 2.24) is 4.98 Å². The molecule has 1 aromatic heterocycles. The van der Waals surface area contributed by atoms with Crippen LogP contribution in [0.1, 0.15) is 43.5 Å². The van der Waals surface area contributed by atoms with Crippen LogP contribution in [0.3, 0.4) is 0 Å². The SMILES string of the molecule is CCCOc1c(Cl)cc(C(=O)Nc2ccc(N3CCCC3)nc2)cc1OCC. The molecule has 1 aliphatic rings. The van der Waals surface area contributed by atoms with Crippen LogP contribution < -0.4 is 19.7 Å². The summed E-state index contributed by atoms with van der Waals surface area (Å²) in [4.78, 5) is 19.4. The maximum Gasteiger partial charge on any atom is 0.255 e. The van der Waals surface area contributed by atoms with Gasteiger partial charge in [-0.25, -0.2) is 4.98 Å². The second-order valence-electron chi connectivity index (χ2n) is 6.62. The molecule has 1 amide bonds. The Bertz CT molecular complexity index is 805. The van der Waals surface area contributed by atoms with E-state index < -0.39 is 0 Å². The fraction of sp³-hybridized carbons (Fsp3) is 0.429. The number of pyridine rings is 1. The summed E-state index contributed by atoms with van der Waals surface area (Å²) in [5, 5.41) is 3.21. The Labute approximate surface area is 170 Å². The smallest absolute Gasteiger partial charge is 0.255 e. The minimum atomic E-state index is -0.277. The molecule has 7 heteroatoms. The highest BCUT2D eigenvalue weighted by molar-refractivity contribution is 6.32. The Morgan fingerprint density at radius 2 is 2.00 bits per heavy atom. The van der Waals surface area contributed by atoms with E-state index in [-0.39, 0.29) is 5.91 Å². The van der Waals surface area contributed by atoms with Gasteiger partial charge in [-0.05, 0) is 50.5 Å². The first-order valence-corrected chi connectivity index (χ1v) is 10.1. The maximum absolute atomic E-state index is 12.7. The largest absolute Gasteiger partial charge is 0.490 e. The number of aromatic nitrogens is 1. The summed E-state index contributed by atoms with van der Waals surface area (Å²) in [5.74, 6) is 1.60. The van der Waals surface area contributed by atoms with Crippen molar-refractivity contribution in [1.29, 1.82) is 0 Å². The van der Waals surface area contributed by atoms with Gasteiger partial charge in [0.25, 0.3) is 5.91 Å². The molecule has 0 aliphatic carbocycles. The molecule has 150 valence electrons. The van der Waals surface area contributed by atoms with Gasteiger partial charge >= 0.3 is 0 Å². The molecule has 2 heterocycles. The molecule has 28 heavy (non-hydrogen) atoms. The molecule has 0 unspecified atom stereocenters. The standard InChI is InChI=1S/C21H26ClN3O3/c1-3-11-28-20-17(22)12-15(13-18(20)27-4-2)21(26)24-16-7-8-19(23-14-16)25-9-5-6-10-25/h7-8,12-14H,3-6,9-11H2,1-2H3,(H,24,26). The average molecular weight is 404 g/mol. The topological polar surface area (TPSA) is 63.7 Å². The van der Waals surface area contributed by atoms with E-state index in [2.05, 4.69) is 15.2 Å². The van der Waals surface area contributed by atoms with E-state index in [9.17, 15) is 4.79 Å². The van der Waals surface area contributed by atoms with Gasteiger partial charge < -0.3 is 19.7 Å². The summed E-state index contributed by atoms with van der Waals surface area (Å²) < 4.78 is 11.3. The van der Waals surface area contributed by atoms with Crippen molar-refractivity contribution in [2.45, 2.75) is 33.1 Å². The molecule has 1 fully saturated rings. The first kappa shape index (κ1) is 20.3. The van der Waals surface area contributed by atoms with Crippen molar-refractivity contribution in [3.8, 4) is 11.5 Å². The van der Waals surface area contributed by atoms with Gasteiger partial charge in [0.05, 0.1) is 30.1 Å². The summed E-state index contributed by atoms with van der Waals surface area (Å²) in [6.45, 7) is 6.93. The van der Waals surface area contributed by atoms with Gasteiger partial charge in [0.1, 0.15) is 5.82 Å². The number of carbonyl (C=O) groups is 1. The molecule has 2 aromatic rings. The zero-order chi connectivity index (χ0) is 19.9. The number of hydrogen-bond donors (Lipinski definition) is 1. The zero-order valence-corrected chi connectivity index (χ0v) is 17.1. The van der Waals surface area contributed by atoms with Crippen molar-refractivity contribution >= 4 is 29.0 Å². The molecule has 0 atom stereocenters. The Morgan fingerprint density at radius 1 is 1.21 bits per heavy atom. The number of hydrogen-bond acceptors (Lipinski definition) is 5. The van der Waals surface area contributed by atoms with Gasteiger partial charge in [-0.15, -0.1) is 0 Å². The summed E-state index contributed by atoms with van der Waals surface area (Å²) in [5.41, 5.74) is 1.04. The summed E-state index contributed by atoms with van der Waals surface area (Å²) in [6.07, 6.45) is 4.92. The zero-order valence-electron chi connectivity index (χ0n) is 16.3. The highest BCUT2D eigenvalue weighted by Gasteiger charge is 2.17. The number of benzene rings is 1. The number of nitrogens with zero attached hydrogens (tertiary/aromatic N) is 2. The Morgan fingerprint density at radius 3 is 2.64 bits per heavy atom. The lowest BCUT2D eigenvalue weighted by molar-refractivity contribution is 0.102. The molecule has 1 N–H and O–H groups in total. The molecule has 0 radical (unpaired) electrons. The molecule has 1 aromatic carbocycles. The van der Waals surface area contributed by atoms with E-state index in [1.54, 1.807) is 18.3 Å². The van der Waals surface area contributed by atoms with Crippen molar-refractivity contribution in [3.63, 3.8) is 0 Å². The van der Waals surface area contributed by atoms with E-state index in [1.165, 1.54) is 12.8 Å². The third-order valence-electron chi connectivity index (χ3n) is 4.46. The van der Waals surface area contributed by atoms with E-state index in [0.717, 1.165) is 25.3 Å². The minimum absolute atomic E-state index is 0.277. The van der Waals surface area contributed by atoms with Crippen LogP contribution in [-0.2, 0) is 0 Å². The Kier molecular flexibility index (Phi) is 6.98. The number of anilines is 2. The lowest BCUT2D eigenvalue weighted by atomic mass is 10.1. The molecule has 0 bridgehead atoms. The second kappa shape index (κ2) is 9.64. The van der Waals surface area contributed by atoms with Crippen LogP contribution in [0.25, 0.3) is 0 Å². The lowest BCUT2D eigenvalue weighted by Gasteiger charge is -2.17. The molecule has 1 saturated heterocycles. The molecular weight excluding hydrogens is 378 g/mol. The Balaban J connectivity index is 1.74. The summed E-state index contributed by atoms with van der Waals surface area (Å²) in [7, 11) is 0. The average Bonchev–Trinajstić information content (AvgIpc) is 3.23. The van der Waals surface area contributed by atoms with Crippen LogP contribution in [0.2, 0.25) is 5.02 Å². The van der Waals surface area contributed by atoms with Crippen LogP contribution in [0.4, 0.5) is 11.5 Å². The molecule has 0 spiro atoms. The van der Waals surface area contributed by atoms with Gasteiger partial charge in [0.15, 0.2) is 11.5 Å². The van der Waals surface area contributed by atoms with Crippen molar-refractivity contribution in [3.05, 3.63) is 41.0 Å². The predicted octanol–water partition coefficient (Wildman–Crippen LogP) is 4.78. The van der Waals surface area contributed by atoms with Crippen LogP contribution >= 0.6 is 11.6 Å². The number of halogens is 1. The van der Waals surface area contributed by atoms with Gasteiger partial charge in [-0.2, -0.15) is 0 Å². The lowest BCUT2D eigenvalue weighted by Crippen LogP contribution is -2.19. The highest BCUT2D eigenvalue weighted by Crippen LogP contribution is 2.37. The number of carbonyl (C=O) groups excluding carboxylic acids is 1. The van der Waals surface area contributed by atoms with Crippen LogP contribution in [0.5, 0.6) is 11.5 Å². The number of amides is 1. The molecule has 0 saturated carbocycles. The van der Waals surface area contributed by atoms with Gasteiger partial charge in [-0.1, -0.05) is 18.5 Å². The normalized spacial score (nSPS) is 13.5. The number of ether oxygens (including phenoxy) is 2. The van der Waals surface area contributed by atoms with Crippen LogP contribution in [0, 0.1) is 0 Å². The van der Waals surface area contributed by atoms with Crippen LogP contribution in [-0.4, -0.2) is 37.2 Å². The third-order valence-corrected chi connectivity index (χ3v) is 4.74. The van der Waals surface area contributed by atoms with Crippen LogP contribution in [0.15, 0.2) is 30.5 Å². The van der Waals surface area contributed by atoms with Crippen molar-refractivity contribution in [2.75, 3.05) is 36.5 Å². The third kappa shape index (κ3) is 4.87. The van der Waals surface area contributed by atoms with Gasteiger partial charge in [0.2, 0.25) is 0 Å². The van der Waals surface area contributed by atoms with E-state index >= 15 is 0 Å². The first-order valence-electron chi connectivity index (χ1n) is 9.73. The summed E-state index contributed by atoms with van der Waals surface area (Å²) >= 11 is 6.34.